The molecule has 2 aromatic rings. The van der Waals surface area contributed by atoms with Crippen LogP contribution in [0.4, 0.5) is 4.39 Å². The van der Waals surface area contributed by atoms with Gasteiger partial charge >= 0.3 is 0 Å². The smallest absolute Gasteiger partial charge is 0.125 e. The Morgan fingerprint density at radius 2 is 2.00 bits per heavy atom. The molecule has 0 aliphatic carbocycles. The summed E-state index contributed by atoms with van der Waals surface area (Å²) in [7, 11) is 0. The highest BCUT2D eigenvalue weighted by molar-refractivity contribution is 5.80. The summed E-state index contributed by atoms with van der Waals surface area (Å²) in [4.78, 5) is 4.30. The first-order valence-corrected chi connectivity index (χ1v) is 4.39. The molecule has 0 radical (unpaired) electrons. The molecule has 0 saturated heterocycles. The fraction of sp³-hybridized carbons (Fsp3) is 0.0833. The second kappa shape index (κ2) is 3.22. The quantitative estimate of drug-likeness (QED) is 0.666. The van der Waals surface area contributed by atoms with E-state index in [0.29, 0.717) is 5.52 Å². The van der Waals surface area contributed by atoms with E-state index in [4.69, 9.17) is 0 Å². The second-order valence-corrected chi connectivity index (χ2v) is 3.31. The van der Waals surface area contributed by atoms with Crippen LogP contribution in [-0.4, -0.2) is 4.98 Å². The van der Waals surface area contributed by atoms with Crippen molar-refractivity contribution in [1.82, 2.24) is 4.98 Å². The number of nitrogens with zero attached hydrogens (tertiary/aromatic N) is 1. The first-order valence-electron chi connectivity index (χ1n) is 4.39. The number of hydrogen-bond donors (Lipinski definition) is 0. The molecule has 0 saturated carbocycles. The minimum Gasteiger partial charge on any atom is -0.248 e. The molecule has 1 nitrogen and oxygen atoms in total. The summed E-state index contributed by atoms with van der Waals surface area (Å²) in [6.45, 7) is 5.68. The zero-order valence-corrected chi connectivity index (χ0v) is 7.92. The van der Waals surface area contributed by atoms with Crippen molar-refractivity contribution in [3.8, 4) is 0 Å². The van der Waals surface area contributed by atoms with Gasteiger partial charge in [0, 0.05) is 11.5 Å². The number of pyridine rings is 1. The zero-order valence-electron chi connectivity index (χ0n) is 7.92. The van der Waals surface area contributed by atoms with Gasteiger partial charge in [0.05, 0.1) is 11.2 Å². The van der Waals surface area contributed by atoms with Crippen molar-refractivity contribution in [1.29, 1.82) is 0 Å². The molecular weight excluding hydrogens is 177 g/mol. The van der Waals surface area contributed by atoms with E-state index in [1.54, 1.807) is 6.07 Å². The molecule has 0 bridgehead atoms. The molecule has 14 heavy (non-hydrogen) atoms. The van der Waals surface area contributed by atoms with E-state index in [0.717, 1.165) is 16.7 Å². The number of allylic oxidation sites excluding steroid dienone is 1. The topological polar surface area (TPSA) is 12.9 Å². The Morgan fingerprint density at radius 1 is 1.29 bits per heavy atom. The van der Waals surface area contributed by atoms with Crippen LogP contribution in [0.1, 0.15) is 12.6 Å². The Kier molecular flexibility index (Phi) is 2.04. The van der Waals surface area contributed by atoms with Crippen LogP contribution in [0, 0.1) is 5.82 Å². The van der Waals surface area contributed by atoms with E-state index >= 15 is 0 Å². The first-order chi connectivity index (χ1) is 6.66. The molecule has 0 aliphatic rings. The van der Waals surface area contributed by atoms with Gasteiger partial charge in [-0.2, -0.15) is 0 Å². The van der Waals surface area contributed by atoms with E-state index in [-0.39, 0.29) is 5.82 Å². The summed E-state index contributed by atoms with van der Waals surface area (Å²) in [5.41, 5.74) is 2.37. The van der Waals surface area contributed by atoms with Crippen molar-refractivity contribution in [2.24, 2.45) is 0 Å². The fourth-order valence-corrected chi connectivity index (χ4v) is 1.33. The Bertz CT molecular complexity index is 503. The van der Waals surface area contributed by atoms with E-state index in [1.807, 2.05) is 19.1 Å². The van der Waals surface area contributed by atoms with E-state index in [2.05, 4.69) is 11.6 Å². The van der Waals surface area contributed by atoms with E-state index in [1.165, 1.54) is 12.1 Å². The van der Waals surface area contributed by atoms with Crippen LogP contribution in [0.5, 0.6) is 0 Å². The average molecular weight is 187 g/mol. The number of aromatic nitrogens is 1. The number of halogens is 1. The summed E-state index contributed by atoms with van der Waals surface area (Å²) in [5, 5.41) is 0.941. The van der Waals surface area contributed by atoms with Crippen LogP contribution in [0.2, 0.25) is 0 Å². The van der Waals surface area contributed by atoms with Gasteiger partial charge in [-0.25, -0.2) is 9.37 Å². The van der Waals surface area contributed by atoms with Crippen molar-refractivity contribution in [2.45, 2.75) is 6.92 Å². The summed E-state index contributed by atoms with van der Waals surface area (Å²) in [6, 6.07) is 8.40. The molecule has 0 fully saturated rings. The monoisotopic (exact) mass is 187 g/mol. The molecule has 0 spiro atoms. The standard InChI is InChI=1S/C12H10FN/c1-8(2)11-6-4-9-3-5-10(13)7-12(9)14-11/h3-7H,1H2,2H3. The molecule has 70 valence electrons. The number of benzene rings is 1. The van der Waals surface area contributed by atoms with Crippen LogP contribution in [0.25, 0.3) is 16.5 Å². The lowest BCUT2D eigenvalue weighted by molar-refractivity contribution is 0.629. The minimum absolute atomic E-state index is 0.260. The van der Waals surface area contributed by atoms with Crippen LogP contribution in [0.15, 0.2) is 36.9 Å². The third kappa shape index (κ3) is 1.51. The predicted octanol–water partition coefficient (Wildman–Crippen LogP) is 3.41. The maximum atomic E-state index is 12.9. The molecule has 1 aromatic carbocycles. The van der Waals surface area contributed by atoms with Gasteiger partial charge in [-0.15, -0.1) is 0 Å². The number of hydrogen-bond acceptors (Lipinski definition) is 1. The zero-order chi connectivity index (χ0) is 10.1. The van der Waals surface area contributed by atoms with Gasteiger partial charge in [-0.3, -0.25) is 0 Å². The van der Waals surface area contributed by atoms with Crippen LogP contribution in [0.3, 0.4) is 0 Å². The van der Waals surface area contributed by atoms with Gasteiger partial charge in [0.25, 0.3) is 0 Å². The lowest BCUT2D eigenvalue weighted by Crippen LogP contribution is -1.87. The lowest BCUT2D eigenvalue weighted by atomic mass is 10.1. The van der Waals surface area contributed by atoms with Crippen molar-refractivity contribution in [3.63, 3.8) is 0 Å². The Morgan fingerprint density at radius 3 is 2.71 bits per heavy atom. The molecule has 0 unspecified atom stereocenters. The highest BCUT2D eigenvalue weighted by atomic mass is 19.1. The molecule has 2 heteroatoms. The van der Waals surface area contributed by atoms with Gasteiger partial charge in [-0.05, 0) is 30.7 Å². The predicted molar refractivity (Wildman–Crippen MR) is 56.4 cm³/mol. The minimum atomic E-state index is -0.260. The Hall–Kier alpha value is -1.70. The normalized spacial score (nSPS) is 10.4. The highest BCUT2D eigenvalue weighted by Gasteiger charge is 1.99. The molecular formula is C12H10FN. The molecule has 1 aromatic heterocycles. The molecule has 0 amide bonds. The van der Waals surface area contributed by atoms with Crippen molar-refractivity contribution < 1.29 is 4.39 Å². The molecule has 1 heterocycles. The van der Waals surface area contributed by atoms with Crippen molar-refractivity contribution in [2.75, 3.05) is 0 Å². The van der Waals surface area contributed by atoms with Crippen LogP contribution < -0.4 is 0 Å². The molecule has 0 aliphatic heterocycles. The van der Waals surface area contributed by atoms with Gasteiger partial charge in [-0.1, -0.05) is 12.6 Å². The maximum Gasteiger partial charge on any atom is 0.125 e. The number of rotatable bonds is 1. The summed E-state index contributed by atoms with van der Waals surface area (Å²) in [6.07, 6.45) is 0. The van der Waals surface area contributed by atoms with Crippen LogP contribution >= 0.6 is 0 Å². The summed E-state index contributed by atoms with van der Waals surface area (Å²) < 4.78 is 12.9. The maximum absolute atomic E-state index is 12.9. The fourth-order valence-electron chi connectivity index (χ4n) is 1.33. The largest absolute Gasteiger partial charge is 0.248 e. The lowest BCUT2D eigenvalue weighted by Gasteiger charge is -2.01. The number of fused-ring (bicyclic) bond motifs is 1. The first kappa shape index (κ1) is 8.88. The van der Waals surface area contributed by atoms with E-state index in [9.17, 15) is 4.39 Å². The summed E-state index contributed by atoms with van der Waals surface area (Å²) >= 11 is 0. The van der Waals surface area contributed by atoms with Crippen molar-refractivity contribution in [3.05, 3.63) is 48.4 Å². The molecule has 2 rings (SSSR count). The highest BCUT2D eigenvalue weighted by Crippen LogP contribution is 2.17. The van der Waals surface area contributed by atoms with Gasteiger partial charge in [0.2, 0.25) is 0 Å². The second-order valence-electron chi connectivity index (χ2n) is 3.31. The van der Waals surface area contributed by atoms with Gasteiger partial charge in [0.15, 0.2) is 0 Å². The van der Waals surface area contributed by atoms with E-state index < -0.39 is 0 Å². The summed E-state index contributed by atoms with van der Waals surface area (Å²) in [5.74, 6) is -0.260. The third-order valence-electron chi connectivity index (χ3n) is 2.09. The molecule has 0 N–H and O–H groups in total. The van der Waals surface area contributed by atoms with Gasteiger partial charge < -0.3 is 0 Å². The Labute approximate surface area is 81.9 Å². The molecule has 0 atom stereocenters. The third-order valence-corrected chi connectivity index (χ3v) is 2.09. The SMILES string of the molecule is C=C(C)c1ccc2ccc(F)cc2n1. The van der Waals surface area contributed by atoms with Crippen molar-refractivity contribution >= 4 is 16.5 Å². The Balaban J connectivity index is 2.69. The van der Waals surface area contributed by atoms with Gasteiger partial charge in [0.1, 0.15) is 5.82 Å². The van der Waals surface area contributed by atoms with Crippen LogP contribution in [-0.2, 0) is 0 Å². The average Bonchev–Trinajstić information content (AvgIpc) is 2.16.